The summed E-state index contributed by atoms with van der Waals surface area (Å²) in [6, 6.07) is 30.1. The Kier molecular flexibility index (Phi) is 17.9. The van der Waals surface area contributed by atoms with E-state index >= 15 is 0 Å². The Morgan fingerprint density at radius 2 is 1.23 bits per heavy atom. The third-order valence-electron chi connectivity index (χ3n) is 11.5. The second-order valence-electron chi connectivity index (χ2n) is 15.2. The smallest absolute Gasteiger partial charge is 0.488 e. The Hall–Kier alpha value is -5.30. The predicted octanol–water partition coefficient (Wildman–Crippen LogP) is 6.62. The number of rotatable bonds is 21. The maximum Gasteiger partial charge on any atom is 0.488 e. The van der Waals surface area contributed by atoms with Gasteiger partial charge in [-0.25, -0.2) is 9.78 Å². The Balaban J connectivity index is 0.000000955. The lowest BCUT2D eigenvalue weighted by Crippen LogP contribution is -3.11. The number of methoxy groups -OCH3 is 2. The molecule has 4 aromatic carbocycles. The molecule has 2 heterocycles. The first-order chi connectivity index (χ1) is 30.0. The fraction of sp³-hybridized carbons (Fsp3) is 0.417. The summed E-state index contributed by atoms with van der Waals surface area (Å²) in [5.74, 6) is 1.75. The van der Waals surface area contributed by atoms with Crippen LogP contribution in [-0.2, 0) is 32.5 Å². The lowest BCUT2D eigenvalue weighted by Gasteiger charge is -2.36. The molecule has 6 rings (SSSR count). The van der Waals surface area contributed by atoms with Crippen molar-refractivity contribution in [1.29, 1.82) is 0 Å². The second-order valence-corrected chi connectivity index (χ2v) is 15.9. The number of aryl methyl sites for hydroxylation is 3. The van der Waals surface area contributed by atoms with Gasteiger partial charge >= 0.3 is 13.9 Å². The molecule has 62 heavy (non-hydrogen) atoms. The molecule has 2 aliphatic heterocycles. The van der Waals surface area contributed by atoms with Crippen molar-refractivity contribution in [3.05, 3.63) is 140 Å². The fourth-order valence-electron chi connectivity index (χ4n) is 7.69. The number of hydrogen-bond acceptors (Lipinski definition) is 10. The summed E-state index contributed by atoms with van der Waals surface area (Å²) in [5.41, 5.74) is 4.38. The standard InChI is InChI=1S/C42H45N4O8P.C6H15N/c1-29-27-36-37(28-30(29)2)45(39-38(43-36)40(47)46(41(48)44-39)24-12-26-54-55(49)50)23-10-5-6-11-25-53-42(31-13-8-7-9-14-31,32-15-19-34(51-3)20-16-32)33-17-21-35(52-4)22-18-33;1-4-7(5-2)6-3/h7-9,13-22,27-28H,5-6,10-12,23-26H2,1-4H3;4-6H2,1-3H3/p+1. The van der Waals surface area contributed by atoms with Gasteiger partial charge in [-0.05, 0) is 123 Å². The number of hydrogen-bond donors (Lipinski definition) is 1. The monoisotopic (exact) mass is 866 g/mol. The highest BCUT2D eigenvalue weighted by Crippen LogP contribution is 2.42. The van der Waals surface area contributed by atoms with Gasteiger partial charge in [0.2, 0.25) is 0 Å². The average molecular weight is 867 g/mol. The summed E-state index contributed by atoms with van der Waals surface area (Å²) in [6.45, 7) is 15.3. The van der Waals surface area contributed by atoms with E-state index in [0.717, 1.165) is 75.1 Å². The van der Waals surface area contributed by atoms with Gasteiger partial charge in [0, 0.05) is 19.7 Å². The third-order valence-corrected chi connectivity index (χ3v) is 11.8. The SMILES string of the molecule is CC[NH+](CC)CC.COc1ccc(C(OCCCCCCn2c3nc(=O)n(CCCO[P+](=O)[O-])c(=O)c-3nc3cc(C)c(C)cc32)(c2ccccc2)c2ccc(OC)cc2)cc1. The van der Waals surface area contributed by atoms with Crippen molar-refractivity contribution >= 4 is 19.3 Å². The number of nitrogens with zero attached hydrogens (tertiary/aromatic N) is 4. The van der Waals surface area contributed by atoms with Crippen molar-refractivity contribution in [2.45, 2.75) is 85.4 Å². The normalized spacial score (nSPS) is 11.8. The van der Waals surface area contributed by atoms with Gasteiger partial charge in [0.1, 0.15) is 23.7 Å². The lowest BCUT2D eigenvalue weighted by atomic mass is 9.80. The maximum atomic E-state index is 13.6. The third kappa shape index (κ3) is 11.6. The molecule has 0 bridgehead atoms. The minimum absolute atomic E-state index is 0.0407. The van der Waals surface area contributed by atoms with Crippen LogP contribution in [0, 0.1) is 13.8 Å². The summed E-state index contributed by atoms with van der Waals surface area (Å²) < 4.78 is 36.2. The molecule has 2 aliphatic rings. The molecule has 0 fully saturated rings. The Morgan fingerprint density at radius 3 is 1.77 bits per heavy atom. The number of nitrogens with one attached hydrogen (secondary N) is 1. The molecule has 0 spiro atoms. The number of benzene rings is 4. The van der Waals surface area contributed by atoms with Crippen LogP contribution < -0.4 is 30.5 Å². The van der Waals surface area contributed by atoms with Crippen LogP contribution in [0.2, 0.25) is 0 Å². The summed E-state index contributed by atoms with van der Waals surface area (Å²) in [6.07, 6.45) is 3.43. The molecular weight excluding hydrogens is 806 g/mol. The Bertz CT molecular complexity index is 2380. The van der Waals surface area contributed by atoms with E-state index in [1.807, 2.05) is 97.3 Å². The zero-order chi connectivity index (χ0) is 44.6. The van der Waals surface area contributed by atoms with E-state index in [1.165, 1.54) is 19.6 Å². The van der Waals surface area contributed by atoms with E-state index in [4.69, 9.17) is 14.2 Å². The number of unbranched alkanes of at least 4 members (excludes halogenated alkanes) is 3. The molecule has 14 heteroatoms. The Morgan fingerprint density at radius 1 is 0.677 bits per heavy atom. The average Bonchev–Trinajstić information content (AvgIpc) is 3.29. The van der Waals surface area contributed by atoms with Crippen molar-refractivity contribution < 1.29 is 33.1 Å². The number of ether oxygens (including phenoxy) is 3. The van der Waals surface area contributed by atoms with E-state index in [0.29, 0.717) is 18.7 Å². The molecule has 330 valence electrons. The first-order valence-corrected chi connectivity index (χ1v) is 22.6. The maximum absolute atomic E-state index is 13.6. The number of fused-ring (bicyclic) bond motifs is 2. The zero-order valence-electron chi connectivity index (χ0n) is 37.1. The molecule has 0 saturated carbocycles. The Labute approximate surface area is 365 Å². The highest BCUT2D eigenvalue weighted by Gasteiger charge is 2.37. The van der Waals surface area contributed by atoms with Crippen LogP contribution in [0.1, 0.15) is 80.7 Å². The van der Waals surface area contributed by atoms with Crippen LogP contribution in [0.5, 0.6) is 11.5 Å². The summed E-state index contributed by atoms with van der Waals surface area (Å²) in [5, 5.41) is 0. The number of aromatic nitrogens is 4. The van der Waals surface area contributed by atoms with Crippen LogP contribution in [-0.4, -0.2) is 66.2 Å². The van der Waals surface area contributed by atoms with E-state index in [9.17, 15) is 19.0 Å². The zero-order valence-corrected chi connectivity index (χ0v) is 38.0. The van der Waals surface area contributed by atoms with Crippen LogP contribution in [0.3, 0.4) is 0 Å². The van der Waals surface area contributed by atoms with Gasteiger partial charge in [0.15, 0.2) is 11.5 Å². The number of quaternary nitrogens is 1. The first kappa shape index (κ1) is 47.7. The van der Waals surface area contributed by atoms with Gasteiger partial charge in [-0.2, -0.15) is 4.98 Å². The van der Waals surface area contributed by atoms with Gasteiger partial charge in [-0.15, -0.1) is 4.52 Å². The summed E-state index contributed by atoms with van der Waals surface area (Å²) in [7, 11) is 0.286. The molecule has 0 aliphatic carbocycles. The van der Waals surface area contributed by atoms with E-state index in [-0.39, 0.29) is 31.1 Å². The molecule has 0 amide bonds. The van der Waals surface area contributed by atoms with Crippen molar-refractivity contribution in [3.63, 3.8) is 0 Å². The molecule has 0 aromatic heterocycles. The van der Waals surface area contributed by atoms with Crippen molar-refractivity contribution in [1.82, 2.24) is 19.1 Å². The first-order valence-electron chi connectivity index (χ1n) is 21.5. The minimum Gasteiger partial charge on any atom is -0.566 e. The summed E-state index contributed by atoms with van der Waals surface area (Å²) >= 11 is 0. The second kappa shape index (κ2) is 23.2. The van der Waals surface area contributed by atoms with Crippen LogP contribution in [0.4, 0.5) is 0 Å². The molecule has 1 unspecified atom stereocenters. The van der Waals surface area contributed by atoms with Crippen LogP contribution >= 0.6 is 8.25 Å². The molecule has 13 nitrogen and oxygen atoms in total. The van der Waals surface area contributed by atoms with Gasteiger partial charge in [-0.1, -0.05) is 67.4 Å². The highest BCUT2D eigenvalue weighted by molar-refractivity contribution is 7.30. The lowest BCUT2D eigenvalue weighted by molar-refractivity contribution is -0.894. The van der Waals surface area contributed by atoms with E-state index in [1.54, 1.807) is 19.1 Å². The van der Waals surface area contributed by atoms with Crippen molar-refractivity contribution in [2.24, 2.45) is 0 Å². The quantitative estimate of drug-likeness (QED) is 0.0362. The van der Waals surface area contributed by atoms with Crippen LogP contribution in [0.15, 0.2) is 101 Å². The largest absolute Gasteiger partial charge is 0.566 e. The molecule has 1 atom stereocenters. The van der Waals surface area contributed by atoms with E-state index < -0.39 is 25.1 Å². The van der Waals surface area contributed by atoms with E-state index in [2.05, 4.69) is 47.4 Å². The fourth-order valence-corrected chi connectivity index (χ4v) is 7.96. The topological polar surface area (TPSA) is 151 Å². The summed E-state index contributed by atoms with van der Waals surface area (Å²) in [4.78, 5) is 48.2. The van der Waals surface area contributed by atoms with Crippen molar-refractivity contribution in [3.8, 4) is 23.0 Å². The highest BCUT2D eigenvalue weighted by atomic mass is 31.1. The van der Waals surface area contributed by atoms with Gasteiger partial charge in [0.25, 0.3) is 5.56 Å². The minimum atomic E-state index is -3.02. The van der Waals surface area contributed by atoms with Gasteiger partial charge < -0.3 is 28.6 Å². The molecule has 4 aromatic rings. The molecule has 0 radical (unpaired) electrons. The van der Waals surface area contributed by atoms with Gasteiger partial charge in [-0.3, -0.25) is 9.36 Å². The predicted molar refractivity (Wildman–Crippen MR) is 242 cm³/mol. The van der Waals surface area contributed by atoms with Crippen molar-refractivity contribution in [2.75, 3.05) is 47.1 Å². The molecular formula is C48H61N5O8P+. The van der Waals surface area contributed by atoms with Gasteiger partial charge in [0.05, 0.1) is 44.9 Å². The molecule has 1 N–H and O–H groups in total. The van der Waals surface area contributed by atoms with Crippen LogP contribution in [0.25, 0.3) is 22.6 Å². The molecule has 0 saturated heterocycles.